The van der Waals surface area contributed by atoms with Gasteiger partial charge in [-0.05, 0) is 36.8 Å². The van der Waals surface area contributed by atoms with E-state index < -0.39 is 23.9 Å². The third-order valence-corrected chi connectivity index (χ3v) is 3.13. The zero-order valence-corrected chi connectivity index (χ0v) is 12.1. The minimum Gasteiger partial charge on any atom is -0.467 e. The standard InChI is InChI=1S/C15H15F3N2O3/c1-9-4-5-10(7-11(9)15(16,17)18)20-14(22)19-8-12(21)13-3-2-6-23-13/h2-7,12,21H,8H2,1H3,(H2,19,20,22). The number of hydrogen-bond acceptors (Lipinski definition) is 3. The van der Waals surface area contributed by atoms with E-state index in [1.54, 1.807) is 12.1 Å². The number of urea groups is 1. The lowest BCUT2D eigenvalue weighted by molar-refractivity contribution is -0.138. The number of nitrogens with one attached hydrogen (secondary N) is 2. The van der Waals surface area contributed by atoms with Gasteiger partial charge in [0.05, 0.1) is 18.4 Å². The number of carbonyl (C=O) groups excluding carboxylic acids is 1. The molecule has 5 nitrogen and oxygen atoms in total. The van der Waals surface area contributed by atoms with Gasteiger partial charge in [-0.25, -0.2) is 4.79 Å². The van der Waals surface area contributed by atoms with Crippen molar-refractivity contribution in [1.82, 2.24) is 5.32 Å². The van der Waals surface area contributed by atoms with Gasteiger partial charge in [0.1, 0.15) is 11.9 Å². The van der Waals surface area contributed by atoms with Gasteiger partial charge < -0.3 is 20.2 Å². The van der Waals surface area contributed by atoms with Gasteiger partial charge in [0.25, 0.3) is 0 Å². The third kappa shape index (κ3) is 4.49. The van der Waals surface area contributed by atoms with E-state index in [9.17, 15) is 23.1 Å². The van der Waals surface area contributed by atoms with Crippen LogP contribution in [0.3, 0.4) is 0 Å². The summed E-state index contributed by atoms with van der Waals surface area (Å²) in [7, 11) is 0. The van der Waals surface area contributed by atoms with Crippen LogP contribution in [0.5, 0.6) is 0 Å². The Kier molecular flexibility index (Phi) is 4.95. The van der Waals surface area contributed by atoms with E-state index in [4.69, 9.17) is 4.42 Å². The first kappa shape index (κ1) is 16.9. The molecular weight excluding hydrogens is 313 g/mol. The number of halogens is 3. The average Bonchev–Trinajstić information content (AvgIpc) is 3.00. The molecule has 8 heteroatoms. The molecular formula is C15H15F3N2O3. The van der Waals surface area contributed by atoms with Crippen LogP contribution in [0.2, 0.25) is 0 Å². The Bertz CT molecular complexity index is 669. The highest BCUT2D eigenvalue weighted by Crippen LogP contribution is 2.33. The molecule has 0 aliphatic carbocycles. The Morgan fingerprint density at radius 1 is 1.35 bits per heavy atom. The van der Waals surface area contributed by atoms with Gasteiger partial charge in [0.2, 0.25) is 0 Å². The Hall–Kier alpha value is -2.48. The van der Waals surface area contributed by atoms with Gasteiger partial charge in [0.15, 0.2) is 0 Å². The molecule has 0 aliphatic rings. The number of alkyl halides is 3. The first-order valence-corrected chi connectivity index (χ1v) is 6.71. The summed E-state index contributed by atoms with van der Waals surface area (Å²) < 4.78 is 43.4. The summed E-state index contributed by atoms with van der Waals surface area (Å²) in [4.78, 5) is 11.7. The zero-order valence-electron chi connectivity index (χ0n) is 12.1. The predicted molar refractivity (Wildman–Crippen MR) is 76.9 cm³/mol. The summed E-state index contributed by atoms with van der Waals surface area (Å²) in [6.07, 6.45) is -4.16. The van der Waals surface area contributed by atoms with Crippen LogP contribution < -0.4 is 10.6 Å². The number of aryl methyl sites for hydroxylation is 1. The SMILES string of the molecule is Cc1ccc(NC(=O)NCC(O)c2ccco2)cc1C(F)(F)F. The van der Waals surface area contributed by atoms with Crippen molar-refractivity contribution >= 4 is 11.7 Å². The maximum absolute atomic E-state index is 12.8. The fraction of sp³-hybridized carbons (Fsp3) is 0.267. The van der Waals surface area contributed by atoms with Gasteiger partial charge in [-0.3, -0.25) is 0 Å². The summed E-state index contributed by atoms with van der Waals surface area (Å²) in [5.74, 6) is 0.278. The fourth-order valence-electron chi connectivity index (χ4n) is 1.95. The van der Waals surface area contributed by atoms with Crippen molar-refractivity contribution in [3.8, 4) is 0 Å². The lowest BCUT2D eigenvalue weighted by Crippen LogP contribution is -2.32. The van der Waals surface area contributed by atoms with Crippen molar-refractivity contribution < 1.29 is 27.5 Å². The largest absolute Gasteiger partial charge is 0.467 e. The highest BCUT2D eigenvalue weighted by atomic mass is 19.4. The lowest BCUT2D eigenvalue weighted by atomic mass is 10.1. The minimum atomic E-state index is -4.49. The molecule has 0 fully saturated rings. The van der Waals surface area contributed by atoms with Gasteiger partial charge in [-0.1, -0.05) is 6.07 Å². The normalized spacial score (nSPS) is 12.7. The number of anilines is 1. The Labute approximate surface area is 130 Å². The van der Waals surface area contributed by atoms with E-state index in [0.29, 0.717) is 0 Å². The molecule has 3 N–H and O–H groups in total. The molecule has 1 unspecified atom stereocenters. The van der Waals surface area contributed by atoms with Gasteiger partial charge in [-0.2, -0.15) is 13.2 Å². The van der Waals surface area contributed by atoms with Gasteiger partial charge in [0, 0.05) is 5.69 Å². The van der Waals surface area contributed by atoms with E-state index in [1.165, 1.54) is 25.3 Å². The first-order chi connectivity index (χ1) is 10.8. The topological polar surface area (TPSA) is 74.5 Å². The monoisotopic (exact) mass is 328 g/mol. The molecule has 0 aliphatic heterocycles. The summed E-state index contributed by atoms with van der Waals surface area (Å²) in [6.45, 7) is 1.20. The van der Waals surface area contributed by atoms with E-state index in [-0.39, 0.29) is 23.6 Å². The van der Waals surface area contributed by atoms with Crippen LogP contribution in [-0.4, -0.2) is 17.7 Å². The molecule has 1 aromatic heterocycles. The quantitative estimate of drug-likeness (QED) is 0.804. The summed E-state index contributed by atoms with van der Waals surface area (Å²) in [6, 6.07) is 5.90. The zero-order chi connectivity index (χ0) is 17.0. The molecule has 2 amide bonds. The highest BCUT2D eigenvalue weighted by molar-refractivity contribution is 5.89. The van der Waals surface area contributed by atoms with Crippen LogP contribution in [-0.2, 0) is 6.18 Å². The number of hydrogen-bond donors (Lipinski definition) is 3. The van der Waals surface area contributed by atoms with Crippen LogP contribution >= 0.6 is 0 Å². The summed E-state index contributed by atoms with van der Waals surface area (Å²) in [5, 5.41) is 14.4. The maximum Gasteiger partial charge on any atom is 0.416 e. The van der Waals surface area contributed by atoms with E-state index >= 15 is 0 Å². The fourth-order valence-corrected chi connectivity index (χ4v) is 1.95. The van der Waals surface area contributed by atoms with Crippen molar-refractivity contribution in [2.45, 2.75) is 19.2 Å². The van der Waals surface area contributed by atoms with E-state index in [0.717, 1.165) is 6.07 Å². The van der Waals surface area contributed by atoms with E-state index in [2.05, 4.69) is 10.6 Å². The molecule has 124 valence electrons. The molecule has 0 radical (unpaired) electrons. The molecule has 0 saturated carbocycles. The Morgan fingerprint density at radius 3 is 2.70 bits per heavy atom. The molecule has 0 spiro atoms. The van der Waals surface area contributed by atoms with E-state index in [1.807, 2.05) is 0 Å². The molecule has 1 aromatic carbocycles. The van der Waals surface area contributed by atoms with Crippen LogP contribution in [0.1, 0.15) is 23.0 Å². The highest BCUT2D eigenvalue weighted by Gasteiger charge is 2.32. The lowest BCUT2D eigenvalue weighted by Gasteiger charge is -2.14. The van der Waals surface area contributed by atoms with Crippen molar-refractivity contribution in [2.75, 3.05) is 11.9 Å². The van der Waals surface area contributed by atoms with Crippen LogP contribution in [0.4, 0.5) is 23.7 Å². The van der Waals surface area contributed by atoms with Crippen molar-refractivity contribution in [1.29, 1.82) is 0 Å². The second-order valence-electron chi connectivity index (χ2n) is 4.89. The third-order valence-electron chi connectivity index (χ3n) is 3.13. The summed E-state index contributed by atoms with van der Waals surface area (Å²) in [5.41, 5.74) is -0.740. The van der Waals surface area contributed by atoms with Crippen molar-refractivity contribution in [3.63, 3.8) is 0 Å². The molecule has 0 bridgehead atoms. The summed E-state index contributed by atoms with van der Waals surface area (Å²) >= 11 is 0. The molecule has 0 saturated heterocycles. The Balaban J connectivity index is 1.95. The molecule has 2 aromatic rings. The predicted octanol–water partition coefficient (Wildman–Crippen LogP) is 3.46. The first-order valence-electron chi connectivity index (χ1n) is 6.71. The second-order valence-corrected chi connectivity index (χ2v) is 4.89. The Morgan fingerprint density at radius 2 is 2.09 bits per heavy atom. The second kappa shape index (κ2) is 6.74. The maximum atomic E-state index is 12.8. The number of carbonyl (C=O) groups is 1. The number of rotatable bonds is 4. The van der Waals surface area contributed by atoms with Crippen molar-refractivity contribution in [3.05, 3.63) is 53.5 Å². The van der Waals surface area contributed by atoms with Gasteiger partial charge in [-0.15, -0.1) is 0 Å². The number of amides is 2. The molecule has 2 rings (SSSR count). The smallest absolute Gasteiger partial charge is 0.416 e. The van der Waals surface area contributed by atoms with Crippen LogP contribution in [0, 0.1) is 6.92 Å². The average molecular weight is 328 g/mol. The minimum absolute atomic E-state index is 0.00733. The number of benzene rings is 1. The van der Waals surface area contributed by atoms with Gasteiger partial charge >= 0.3 is 12.2 Å². The number of aliphatic hydroxyl groups is 1. The van der Waals surface area contributed by atoms with Crippen LogP contribution in [0.25, 0.3) is 0 Å². The van der Waals surface area contributed by atoms with Crippen molar-refractivity contribution in [2.24, 2.45) is 0 Å². The molecule has 1 atom stereocenters. The molecule has 23 heavy (non-hydrogen) atoms. The number of aliphatic hydroxyl groups excluding tert-OH is 1. The van der Waals surface area contributed by atoms with Crippen LogP contribution in [0.15, 0.2) is 41.0 Å². The number of furan rings is 1. The molecule has 1 heterocycles.